The molecular formula is C53H95NO10P+. The molecule has 2 heterocycles. The Bertz CT molecular complexity index is 1590. The number of carbonyl (C=O) groups is 2. The predicted octanol–water partition coefficient (Wildman–Crippen LogP) is 14.1. The smallest absolute Gasteiger partial charge is 0.466 e. The molecule has 0 aromatic carbocycles. The quantitative estimate of drug-likeness (QED) is 0.0297. The van der Waals surface area contributed by atoms with Crippen LogP contribution in [0.4, 0.5) is 0 Å². The number of furan rings is 2. The summed E-state index contributed by atoms with van der Waals surface area (Å²) in [7, 11) is 1.45. The second-order valence-electron chi connectivity index (χ2n) is 19.7. The number of likely N-dealkylation sites (N-methyl/N-ethyl adjacent to an activating group) is 1. The first-order chi connectivity index (χ1) is 31.1. The second-order valence-corrected chi connectivity index (χ2v) is 21.2. The Kier molecular flexibility index (Phi) is 31.4. The van der Waals surface area contributed by atoms with E-state index in [0.29, 0.717) is 17.4 Å². The number of esters is 2. The molecule has 0 spiro atoms. The van der Waals surface area contributed by atoms with Gasteiger partial charge in [0.05, 0.1) is 27.7 Å². The summed E-state index contributed by atoms with van der Waals surface area (Å²) < 4.78 is 46.9. The van der Waals surface area contributed by atoms with Crippen molar-refractivity contribution in [2.75, 3.05) is 47.5 Å². The summed E-state index contributed by atoms with van der Waals surface area (Å²) >= 11 is 0. The lowest BCUT2D eigenvalue weighted by Crippen LogP contribution is -2.37. The van der Waals surface area contributed by atoms with Crippen molar-refractivity contribution in [2.45, 2.75) is 233 Å². The number of hydrogen-bond acceptors (Lipinski definition) is 9. The minimum atomic E-state index is -4.40. The number of rotatable bonds is 42. The van der Waals surface area contributed by atoms with Gasteiger partial charge in [-0.2, -0.15) is 0 Å². The zero-order valence-corrected chi connectivity index (χ0v) is 43.6. The van der Waals surface area contributed by atoms with Crippen LogP contribution >= 0.6 is 7.82 Å². The number of carbonyl (C=O) groups excluding carboxylic acids is 2. The molecule has 0 saturated heterocycles. The Morgan fingerprint density at radius 3 is 1.54 bits per heavy atom. The van der Waals surface area contributed by atoms with Gasteiger partial charge in [-0.1, -0.05) is 129 Å². The molecule has 2 unspecified atom stereocenters. The molecule has 11 nitrogen and oxygen atoms in total. The minimum Gasteiger partial charge on any atom is -0.466 e. The van der Waals surface area contributed by atoms with Gasteiger partial charge in [0.1, 0.15) is 42.8 Å². The Hall–Kier alpha value is -2.43. The lowest BCUT2D eigenvalue weighted by atomic mass is 10.0. The van der Waals surface area contributed by atoms with E-state index < -0.39 is 26.5 Å². The van der Waals surface area contributed by atoms with Crippen molar-refractivity contribution in [2.24, 2.45) is 0 Å². The summed E-state index contributed by atoms with van der Waals surface area (Å²) in [6.45, 7) is 10.9. The summed E-state index contributed by atoms with van der Waals surface area (Å²) in [5.41, 5.74) is 3.96. The number of ether oxygens (including phenoxy) is 2. The van der Waals surface area contributed by atoms with Crippen LogP contribution in [0.2, 0.25) is 0 Å². The molecular weight excluding hydrogens is 842 g/mol. The zero-order valence-electron chi connectivity index (χ0n) is 42.7. The van der Waals surface area contributed by atoms with Crippen LogP contribution in [-0.2, 0) is 58.4 Å². The first kappa shape index (κ1) is 58.7. The fourth-order valence-electron chi connectivity index (χ4n) is 8.09. The molecule has 0 bridgehead atoms. The first-order valence-electron chi connectivity index (χ1n) is 26.1. The van der Waals surface area contributed by atoms with Crippen molar-refractivity contribution < 1.29 is 50.9 Å². The standard InChI is InChI=1S/C53H94NO10P/c1-9-11-27-33-47-41-44(3)49(62-47)34-29-23-19-15-13-14-16-22-26-32-38-53(56)63-48(43-61-65(57,58)60-40-39-54(6,7)8)42-59-52(55)37-31-25-21-18-17-20-24-30-36-51-46(5)45(4)50(64-51)35-28-12-10-2/h41,48H,9-40,42-43H2,1-8H3/p+1. The molecule has 0 saturated carbocycles. The van der Waals surface area contributed by atoms with Gasteiger partial charge >= 0.3 is 19.8 Å². The topological polar surface area (TPSA) is 135 Å². The Labute approximate surface area is 396 Å². The molecule has 65 heavy (non-hydrogen) atoms. The fraction of sp³-hybridized carbons (Fsp3) is 0.811. The Balaban J connectivity index is 1.60. The van der Waals surface area contributed by atoms with Crippen LogP contribution in [-0.4, -0.2) is 74.9 Å². The van der Waals surface area contributed by atoms with Gasteiger partial charge in [-0.3, -0.25) is 18.6 Å². The molecule has 0 amide bonds. The molecule has 12 heteroatoms. The van der Waals surface area contributed by atoms with Crippen LogP contribution in [0.3, 0.4) is 0 Å². The van der Waals surface area contributed by atoms with E-state index in [2.05, 4.69) is 40.7 Å². The molecule has 2 aromatic heterocycles. The number of hydrogen-bond donors (Lipinski definition) is 1. The van der Waals surface area contributed by atoms with Crippen LogP contribution in [0.15, 0.2) is 14.9 Å². The van der Waals surface area contributed by atoms with Gasteiger partial charge in [0, 0.05) is 38.5 Å². The maximum absolute atomic E-state index is 12.8. The lowest BCUT2D eigenvalue weighted by molar-refractivity contribution is -0.870. The van der Waals surface area contributed by atoms with Gasteiger partial charge in [-0.25, -0.2) is 4.57 Å². The molecule has 2 aromatic rings. The Morgan fingerprint density at radius 1 is 0.585 bits per heavy atom. The number of unbranched alkanes of at least 4 members (excludes halogenated alkanes) is 20. The van der Waals surface area contributed by atoms with E-state index in [1.54, 1.807) is 0 Å². The average Bonchev–Trinajstić information content (AvgIpc) is 3.74. The predicted molar refractivity (Wildman–Crippen MR) is 263 cm³/mol. The minimum absolute atomic E-state index is 0.0220. The van der Waals surface area contributed by atoms with E-state index in [1.807, 2.05) is 21.1 Å². The number of phosphoric ester groups is 1. The van der Waals surface area contributed by atoms with Gasteiger partial charge in [0.2, 0.25) is 0 Å². The van der Waals surface area contributed by atoms with Crippen molar-refractivity contribution in [1.29, 1.82) is 0 Å². The lowest BCUT2D eigenvalue weighted by Gasteiger charge is -2.24. The SMILES string of the molecule is CCCCCc1cc(C)c(CCCCCCCCCCCCC(=O)OC(COC(=O)CCCCCCCCCCc2oc(CCCCC)c(C)c2C)COP(=O)(O)OCC[N+](C)(C)C)o1. The maximum atomic E-state index is 12.8. The van der Waals surface area contributed by atoms with Crippen LogP contribution < -0.4 is 0 Å². The number of nitrogens with zero attached hydrogens (tertiary/aromatic N) is 1. The van der Waals surface area contributed by atoms with E-state index in [1.165, 1.54) is 130 Å². The second kappa shape index (κ2) is 34.8. The molecule has 1 N–H and O–H groups in total. The highest BCUT2D eigenvalue weighted by Gasteiger charge is 2.27. The van der Waals surface area contributed by atoms with E-state index in [0.717, 1.165) is 82.8 Å². The van der Waals surface area contributed by atoms with Crippen molar-refractivity contribution >= 4 is 19.8 Å². The third-order valence-corrected chi connectivity index (χ3v) is 13.5. The van der Waals surface area contributed by atoms with Gasteiger partial charge in [-0.15, -0.1) is 0 Å². The van der Waals surface area contributed by atoms with Crippen LogP contribution in [0.1, 0.15) is 221 Å². The maximum Gasteiger partial charge on any atom is 0.472 e. The molecule has 2 rings (SSSR count). The first-order valence-corrected chi connectivity index (χ1v) is 27.6. The van der Waals surface area contributed by atoms with Gasteiger partial charge in [0.25, 0.3) is 0 Å². The van der Waals surface area contributed by atoms with Crippen LogP contribution in [0.5, 0.6) is 0 Å². The van der Waals surface area contributed by atoms with Crippen LogP contribution in [0, 0.1) is 20.8 Å². The summed E-state index contributed by atoms with van der Waals surface area (Å²) in [5.74, 6) is 3.83. The van der Waals surface area contributed by atoms with E-state index in [4.69, 9.17) is 27.4 Å². The molecule has 2 atom stereocenters. The average molecular weight is 937 g/mol. The molecule has 0 fully saturated rings. The van der Waals surface area contributed by atoms with Crippen molar-refractivity contribution in [3.63, 3.8) is 0 Å². The molecule has 0 aliphatic heterocycles. The summed E-state index contributed by atoms with van der Waals surface area (Å²) in [6.07, 6.45) is 30.6. The number of phosphoric acid groups is 1. The third-order valence-electron chi connectivity index (χ3n) is 12.5. The van der Waals surface area contributed by atoms with Crippen molar-refractivity contribution in [3.8, 4) is 0 Å². The zero-order chi connectivity index (χ0) is 47.8. The number of aryl methyl sites for hydroxylation is 5. The summed E-state index contributed by atoms with van der Waals surface area (Å²) in [4.78, 5) is 35.7. The third kappa shape index (κ3) is 29.2. The monoisotopic (exact) mass is 937 g/mol. The largest absolute Gasteiger partial charge is 0.472 e. The van der Waals surface area contributed by atoms with Gasteiger partial charge in [-0.05, 0) is 82.1 Å². The van der Waals surface area contributed by atoms with Gasteiger partial charge < -0.3 is 27.7 Å². The Morgan fingerprint density at radius 2 is 1.03 bits per heavy atom. The molecule has 0 aliphatic rings. The highest BCUT2D eigenvalue weighted by atomic mass is 31.2. The van der Waals surface area contributed by atoms with E-state index in [9.17, 15) is 19.0 Å². The highest BCUT2D eigenvalue weighted by molar-refractivity contribution is 7.47. The normalized spacial score (nSPS) is 13.3. The van der Waals surface area contributed by atoms with Crippen molar-refractivity contribution in [1.82, 2.24) is 0 Å². The summed E-state index contributed by atoms with van der Waals surface area (Å²) in [5, 5.41) is 0. The molecule has 0 aliphatic carbocycles. The van der Waals surface area contributed by atoms with E-state index in [-0.39, 0.29) is 32.0 Å². The van der Waals surface area contributed by atoms with E-state index >= 15 is 0 Å². The molecule has 0 radical (unpaired) electrons. The molecule has 376 valence electrons. The van der Waals surface area contributed by atoms with Crippen molar-refractivity contribution in [3.05, 3.63) is 45.8 Å². The highest BCUT2D eigenvalue weighted by Crippen LogP contribution is 2.43. The number of quaternary nitrogens is 1. The van der Waals surface area contributed by atoms with Crippen LogP contribution in [0.25, 0.3) is 0 Å². The summed E-state index contributed by atoms with van der Waals surface area (Å²) in [6, 6.07) is 2.23. The fourth-order valence-corrected chi connectivity index (χ4v) is 8.83. The van der Waals surface area contributed by atoms with Gasteiger partial charge in [0.15, 0.2) is 6.10 Å².